The van der Waals surface area contributed by atoms with Crippen LogP contribution in [0.4, 0.5) is 5.13 Å². The Labute approximate surface area is 95.9 Å². The summed E-state index contributed by atoms with van der Waals surface area (Å²) >= 11 is 3.11. The van der Waals surface area contributed by atoms with Crippen LogP contribution in [0.2, 0.25) is 0 Å². The number of anilines is 1. The highest BCUT2D eigenvalue weighted by Crippen LogP contribution is 2.29. The van der Waals surface area contributed by atoms with Gasteiger partial charge in [-0.2, -0.15) is 0 Å². The van der Waals surface area contributed by atoms with Crippen molar-refractivity contribution in [1.82, 2.24) is 9.97 Å². The molecule has 0 fully saturated rings. The van der Waals surface area contributed by atoms with Crippen molar-refractivity contribution >= 4 is 28.2 Å². The van der Waals surface area contributed by atoms with E-state index in [0.717, 1.165) is 27.3 Å². The number of oxazole rings is 1. The summed E-state index contributed by atoms with van der Waals surface area (Å²) in [5.74, 6) is 2.35. The number of thioether (sulfide) groups is 1. The highest BCUT2D eigenvalue weighted by Gasteiger charge is 2.07. The van der Waals surface area contributed by atoms with E-state index in [1.165, 1.54) is 11.3 Å². The SMILES string of the molecule is Cc1nc(CSc2cnc(N)s2)oc1C. The zero-order valence-corrected chi connectivity index (χ0v) is 10.1. The average molecular weight is 241 g/mol. The van der Waals surface area contributed by atoms with Crippen molar-refractivity contribution in [2.75, 3.05) is 5.73 Å². The molecule has 0 spiro atoms. The molecular weight excluding hydrogens is 230 g/mol. The Balaban J connectivity index is 1.99. The minimum Gasteiger partial charge on any atom is -0.445 e. The van der Waals surface area contributed by atoms with E-state index in [9.17, 15) is 0 Å². The molecule has 0 saturated carbocycles. The van der Waals surface area contributed by atoms with E-state index >= 15 is 0 Å². The number of rotatable bonds is 3. The van der Waals surface area contributed by atoms with Crippen molar-refractivity contribution in [3.8, 4) is 0 Å². The molecule has 0 radical (unpaired) electrons. The van der Waals surface area contributed by atoms with Gasteiger partial charge in [-0.05, 0) is 13.8 Å². The Hall–Kier alpha value is -1.01. The van der Waals surface area contributed by atoms with Crippen LogP contribution in [0.25, 0.3) is 0 Å². The fourth-order valence-corrected chi connectivity index (χ4v) is 2.67. The summed E-state index contributed by atoms with van der Waals surface area (Å²) in [6.45, 7) is 3.86. The quantitative estimate of drug-likeness (QED) is 0.837. The second kappa shape index (κ2) is 4.24. The van der Waals surface area contributed by atoms with Gasteiger partial charge in [0, 0.05) is 0 Å². The summed E-state index contributed by atoms with van der Waals surface area (Å²) in [6, 6.07) is 0. The summed E-state index contributed by atoms with van der Waals surface area (Å²) in [6.07, 6.45) is 1.77. The van der Waals surface area contributed by atoms with Gasteiger partial charge in [0.15, 0.2) is 5.13 Å². The number of thiazole rings is 1. The predicted octanol–water partition coefficient (Wildman–Crippen LogP) is 2.62. The molecule has 0 aliphatic heterocycles. The van der Waals surface area contributed by atoms with Gasteiger partial charge in [-0.15, -0.1) is 11.8 Å². The molecule has 15 heavy (non-hydrogen) atoms. The number of nitrogens with two attached hydrogens (primary N) is 1. The second-order valence-corrected chi connectivity index (χ2v) is 5.39. The Bertz CT molecular complexity index is 444. The van der Waals surface area contributed by atoms with Gasteiger partial charge in [-0.1, -0.05) is 11.3 Å². The molecular formula is C9H11N3OS2. The first kappa shape index (κ1) is 10.5. The number of aryl methyl sites for hydroxylation is 2. The lowest BCUT2D eigenvalue weighted by Crippen LogP contribution is -1.79. The molecule has 2 heterocycles. The van der Waals surface area contributed by atoms with Crippen molar-refractivity contribution in [3.05, 3.63) is 23.5 Å². The van der Waals surface area contributed by atoms with Crippen molar-refractivity contribution in [2.24, 2.45) is 0 Å². The standard InChI is InChI=1S/C9H11N3OS2/c1-5-6(2)13-7(12-5)4-14-8-3-11-9(10)15-8/h3H,4H2,1-2H3,(H2,10,11). The van der Waals surface area contributed by atoms with Crippen LogP contribution < -0.4 is 5.73 Å². The first-order valence-electron chi connectivity index (χ1n) is 4.42. The fourth-order valence-electron chi connectivity index (χ4n) is 1.07. The normalized spacial score (nSPS) is 10.8. The van der Waals surface area contributed by atoms with Gasteiger partial charge in [-0.3, -0.25) is 0 Å². The molecule has 6 heteroatoms. The molecule has 0 amide bonds. The van der Waals surface area contributed by atoms with Crippen molar-refractivity contribution in [3.63, 3.8) is 0 Å². The number of hydrogen-bond acceptors (Lipinski definition) is 6. The van der Waals surface area contributed by atoms with Gasteiger partial charge < -0.3 is 10.2 Å². The Kier molecular flexibility index (Phi) is 2.97. The minimum absolute atomic E-state index is 0.595. The summed E-state index contributed by atoms with van der Waals surface area (Å²) in [7, 11) is 0. The molecule has 0 saturated heterocycles. The first-order chi connectivity index (χ1) is 7.15. The Morgan fingerprint density at radius 3 is 2.87 bits per heavy atom. The van der Waals surface area contributed by atoms with Crippen LogP contribution in [0.1, 0.15) is 17.3 Å². The van der Waals surface area contributed by atoms with E-state index < -0.39 is 0 Å². The third-order valence-corrected chi connectivity index (χ3v) is 3.92. The Morgan fingerprint density at radius 1 is 1.53 bits per heavy atom. The van der Waals surface area contributed by atoms with Gasteiger partial charge >= 0.3 is 0 Å². The van der Waals surface area contributed by atoms with Gasteiger partial charge in [0.05, 0.1) is 21.9 Å². The molecule has 80 valence electrons. The van der Waals surface area contributed by atoms with Crippen LogP contribution in [-0.2, 0) is 5.75 Å². The summed E-state index contributed by atoms with van der Waals surface area (Å²) in [5.41, 5.74) is 6.48. The van der Waals surface area contributed by atoms with Gasteiger partial charge in [0.25, 0.3) is 0 Å². The van der Waals surface area contributed by atoms with E-state index in [1.807, 2.05) is 13.8 Å². The predicted molar refractivity (Wildman–Crippen MR) is 62.1 cm³/mol. The smallest absolute Gasteiger partial charge is 0.205 e. The molecule has 0 aromatic carbocycles. The topological polar surface area (TPSA) is 64.9 Å². The monoisotopic (exact) mass is 241 g/mol. The highest BCUT2D eigenvalue weighted by atomic mass is 32.2. The molecule has 0 unspecified atom stereocenters. The molecule has 4 nitrogen and oxygen atoms in total. The van der Waals surface area contributed by atoms with Gasteiger partial charge in [0.1, 0.15) is 5.76 Å². The van der Waals surface area contributed by atoms with E-state index in [2.05, 4.69) is 9.97 Å². The van der Waals surface area contributed by atoms with Crippen LogP contribution in [0.3, 0.4) is 0 Å². The van der Waals surface area contributed by atoms with Crippen molar-refractivity contribution < 1.29 is 4.42 Å². The fraction of sp³-hybridized carbons (Fsp3) is 0.333. The maximum Gasteiger partial charge on any atom is 0.205 e. The molecule has 0 atom stereocenters. The maximum absolute atomic E-state index is 5.53. The van der Waals surface area contributed by atoms with E-state index in [0.29, 0.717) is 5.13 Å². The zero-order chi connectivity index (χ0) is 10.8. The number of nitrogen functional groups attached to an aromatic ring is 1. The van der Waals surface area contributed by atoms with Crippen LogP contribution in [0, 0.1) is 13.8 Å². The first-order valence-corrected chi connectivity index (χ1v) is 6.22. The summed E-state index contributed by atoms with van der Waals surface area (Å²) in [5, 5.41) is 0.595. The lowest BCUT2D eigenvalue weighted by Gasteiger charge is -1.91. The van der Waals surface area contributed by atoms with Crippen LogP contribution in [0.15, 0.2) is 14.8 Å². The van der Waals surface area contributed by atoms with E-state index in [1.54, 1.807) is 18.0 Å². The lowest BCUT2D eigenvalue weighted by atomic mass is 10.4. The van der Waals surface area contributed by atoms with Gasteiger partial charge in [-0.25, -0.2) is 9.97 Å². The lowest BCUT2D eigenvalue weighted by molar-refractivity contribution is 0.490. The third kappa shape index (κ3) is 2.51. The molecule has 0 bridgehead atoms. The molecule has 2 aromatic heterocycles. The summed E-state index contributed by atoms with van der Waals surface area (Å²) in [4.78, 5) is 8.27. The number of aromatic nitrogens is 2. The molecule has 0 aliphatic rings. The largest absolute Gasteiger partial charge is 0.445 e. The number of nitrogens with zero attached hydrogens (tertiary/aromatic N) is 2. The molecule has 2 aromatic rings. The average Bonchev–Trinajstić information content (AvgIpc) is 2.72. The van der Waals surface area contributed by atoms with Crippen molar-refractivity contribution in [1.29, 1.82) is 0 Å². The second-order valence-electron chi connectivity index (χ2n) is 3.06. The van der Waals surface area contributed by atoms with Crippen LogP contribution in [0.5, 0.6) is 0 Å². The van der Waals surface area contributed by atoms with E-state index in [-0.39, 0.29) is 0 Å². The van der Waals surface area contributed by atoms with Crippen molar-refractivity contribution in [2.45, 2.75) is 23.8 Å². The minimum atomic E-state index is 0.595. The Morgan fingerprint density at radius 2 is 2.33 bits per heavy atom. The van der Waals surface area contributed by atoms with Gasteiger partial charge in [0.2, 0.25) is 5.89 Å². The molecule has 2 rings (SSSR count). The highest BCUT2D eigenvalue weighted by molar-refractivity contribution is 8.00. The molecule has 2 N–H and O–H groups in total. The van der Waals surface area contributed by atoms with Crippen LogP contribution >= 0.6 is 23.1 Å². The van der Waals surface area contributed by atoms with E-state index in [4.69, 9.17) is 10.2 Å². The molecule has 0 aliphatic carbocycles. The third-order valence-electron chi connectivity index (χ3n) is 1.91. The van der Waals surface area contributed by atoms with Crippen LogP contribution in [-0.4, -0.2) is 9.97 Å². The summed E-state index contributed by atoms with van der Waals surface area (Å²) < 4.78 is 6.55. The maximum atomic E-state index is 5.53. The number of hydrogen-bond donors (Lipinski definition) is 1. The zero-order valence-electron chi connectivity index (χ0n) is 8.48.